The second-order valence-corrected chi connectivity index (χ2v) is 10.1. The third-order valence-corrected chi connectivity index (χ3v) is 7.09. The molecule has 4 saturated heterocycles. The van der Waals surface area contributed by atoms with E-state index in [1.54, 1.807) is 0 Å². The van der Waals surface area contributed by atoms with Crippen molar-refractivity contribution in [1.29, 1.82) is 0 Å². The van der Waals surface area contributed by atoms with Gasteiger partial charge in [0.1, 0.15) is 0 Å². The molecule has 4 atom stereocenters. The summed E-state index contributed by atoms with van der Waals surface area (Å²) in [5, 5.41) is 0. The van der Waals surface area contributed by atoms with Gasteiger partial charge in [-0.05, 0) is 60.3 Å². The van der Waals surface area contributed by atoms with Crippen LogP contribution in [0.4, 0.5) is 0 Å². The van der Waals surface area contributed by atoms with E-state index in [1.165, 1.54) is 58.5 Å². The Morgan fingerprint density at radius 1 is 0.792 bits per heavy atom. The average Bonchev–Trinajstić information content (AvgIpc) is 2.89. The lowest BCUT2D eigenvalue weighted by Crippen LogP contribution is -2.63. The fourth-order valence-corrected chi connectivity index (χ4v) is 6.11. The van der Waals surface area contributed by atoms with Crippen molar-refractivity contribution in [3.8, 4) is 0 Å². The van der Waals surface area contributed by atoms with E-state index in [0.29, 0.717) is 11.6 Å². The second kappa shape index (κ2) is 6.22. The molecule has 0 radical (unpaired) electrons. The molecule has 138 valence electrons. The first-order valence-electron chi connectivity index (χ1n) is 10.3. The van der Waals surface area contributed by atoms with Crippen molar-refractivity contribution in [3.63, 3.8) is 0 Å². The van der Waals surface area contributed by atoms with E-state index in [9.17, 15) is 0 Å². The van der Waals surface area contributed by atoms with Crippen LogP contribution in [0.3, 0.4) is 0 Å². The Bertz CT molecular complexity index is 429. The number of hydrogen-bond donors (Lipinski definition) is 0. The van der Waals surface area contributed by atoms with Crippen molar-refractivity contribution in [2.45, 2.75) is 96.1 Å². The molecule has 4 fully saturated rings. The predicted octanol–water partition coefficient (Wildman–Crippen LogP) is 2.45. The quantitative estimate of drug-likeness (QED) is 0.786. The van der Waals surface area contributed by atoms with Crippen LogP contribution in [0.2, 0.25) is 0 Å². The topological polar surface area (TPSA) is 13.0 Å². The molecule has 4 heterocycles. The van der Waals surface area contributed by atoms with Crippen LogP contribution in [-0.2, 0) is 0 Å². The van der Waals surface area contributed by atoms with Crippen molar-refractivity contribution in [2.75, 3.05) is 32.8 Å². The van der Waals surface area contributed by atoms with Crippen LogP contribution in [0, 0.1) is 0 Å². The Balaban J connectivity index is 1.38. The summed E-state index contributed by atoms with van der Waals surface area (Å²) in [4.78, 5) is 11.2. The van der Waals surface area contributed by atoms with Gasteiger partial charge in [-0.3, -0.25) is 19.6 Å². The zero-order chi connectivity index (χ0) is 17.1. The Labute approximate surface area is 149 Å². The summed E-state index contributed by atoms with van der Waals surface area (Å²) >= 11 is 0. The molecule has 0 aromatic heterocycles. The SMILES string of the molecule is CC(C)N1CC2CCC(C1)N2CN1CC2CCC(C1)N2C(C)(C)C. The number of nitrogens with zero attached hydrogens (tertiary/aromatic N) is 4. The van der Waals surface area contributed by atoms with Gasteiger partial charge in [-0.25, -0.2) is 0 Å². The third-order valence-electron chi connectivity index (χ3n) is 7.09. The van der Waals surface area contributed by atoms with Gasteiger partial charge in [0.25, 0.3) is 0 Å². The monoisotopic (exact) mass is 334 g/mol. The fourth-order valence-electron chi connectivity index (χ4n) is 6.11. The van der Waals surface area contributed by atoms with Crippen LogP contribution in [0.25, 0.3) is 0 Å². The normalized spacial score (nSPS) is 39.2. The minimum atomic E-state index is 0.333. The molecule has 4 bridgehead atoms. The van der Waals surface area contributed by atoms with Crippen LogP contribution < -0.4 is 0 Å². The molecule has 0 N–H and O–H groups in total. The van der Waals surface area contributed by atoms with E-state index in [2.05, 4.69) is 54.2 Å². The molecule has 0 amide bonds. The minimum absolute atomic E-state index is 0.333. The van der Waals surface area contributed by atoms with Gasteiger partial charge in [-0.2, -0.15) is 0 Å². The molecule has 4 aliphatic rings. The standard InChI is InChI=1S/C20H38N4/c1-15(2)22-12-16-6-7-17(13-22)23(16)14-21-10-18-8-9-19(11-21)24(18)20(3,4)5/h15-19H,6-14H2,1-5H3. The molecule has 0 aromatic carbocycles. The summed E-state index contributed by atoms with van der Waals surface area (Å²) in [5.41, 5.74) is 0.333. The van der Waals surface area contributed by atoms with E-state index >= 15 is 0 Å². The molecule has 0 saturated carbocycles. The summed E-state index contributed by atoms with van der Waals surface area (Å²) in [6.45, 7) is 18.3. The Hall–Kier alpha value is -0.160. The molecular formula is C20H38N4. The zero-order valence-electron chi connectivity index (χ0n) is 16.5. The zero-order valence-corrected chi connectivity index (χ0v) is 16.5. The van der Waals surface area contributed by atoms with Crippen LogP contribution in [0.15, 0.2) is 0 Å². The number of piperazine rings is 2. The third kappa shape index (κ3) is 3.04. The summed E-state index contributed by atoms with van der Waals surface area (Å²) in [6.07, 6.45) is 5.66. The highest BCUT2D eigenvalue weighted by Gasteiger charge is 2.46. The van der Waals surface area contributed by atoms with E-state index in [-0.39, 0.29) is 0 Å². The molecule has 0 aromatic rings. The highest BCUT2D eigenvalue weighted by Crippen LogP contribution is 2.37. The summed E-state index contributed by atoms with van der Waals surface area (Å²) < 4.78 is 0. The van der Waals surface area contributed by atoms with Gasteiger partial charge in [-0.15, -0.1) is 0 Å². The lowest BCUT2D eigenvalue weighted by atomic mass is 10.0. The molecule has 4 unspecified atom stereocenters. The summed E-state index contributed by atoms with van der Waals surface area (Å²) in [6, 6.07) is 3.91. The Kier molecular flexibility index (Phi) is 4.48. The van der Waals surface area contributed by atoms with Crippen LogP contribution >= 0.6 is 0 Å². The maximum atomic E-state index is 2.87. The summed E-state index contributed by atoms with van der Waals surface area (Å²) in [5.74, 6) is 0. The van der Waals surface area contributed by atoms with Gasteiger partial charge in [0.15, 0.2) is 0 Å². The number of hydrogen-bond acceptors (Lipinski definition) is 4. The first kappa shape index (κ1) is 17.3. The Morgan fingerprint density at radius 3 is 1.75 bits per heavy atom. The van der Waals surface area contributed by atoms with Gasteiger partial charge in [-0.1, -0.05) is 0 Å². The highest BCUT2D eigenvalue weighted by molar-refractivity contribution is 5.02. The van der Waals surface area contributed by atoms with Crippen LogP contribution in [0.5, 0.6) is 0 Å². The Morgan fingerprint density at radius 2 is 1.29 bits per heavy atom. The lowest BCUT2D eigenvalue weighted by molar-refractivity contribution is -0.0415. The van der Waals surface area contributed by atoms with E-state index in [0.717, 1.165) is 24.2 Å². The van der Waals surface area contributed by atoms with Gasteiger partial charge in [0.2, 0.25) is 0 Å². The van der Waals surface area contributed by atoms with E-state index in [1.807, 2.05) is 0 Å². The van der Waals surface area contributed by atoms with Crippen molar-refractivity contribution in [2.24, 2.45) is 0 Å². The predicted molar refractivity (Wildman–Crippen MR) is 100 cm³/mol. The molecule has 4 nitrogen and oxygen atoms in total. The summed E-state index contributed by atoms with van der Waals surface area (Å²) in [7, 11) is 0. The number of rotatable bonds is 3. The molecular weight excluding hydrogens is 296 g/mol. The fraction of sp³-hybridized carbons (Fsp3) is 1.00. The molecule has 4 aliphatic heterocycles. The first-order chi connectivity index (χ1) is 11.3. The number of fused-ring (bicyclic) bond motifs is 4. The highest BCUT2D eigenvalue weighted by atomic mass is 15.4. The maximum Gasteiger partial charge on any atom is 0.0514 e. The molecule has 24 heavy (non-hydrogen) atoms. The molecule has 0 aliphatic carbocycles. The molecule has 4 heteroatoms. The van der Waals surface area contributed by atoms with Gasteiger partial charge >= 0.3 is 0 Å². The van der Waals surface area contributed by atoms with E-state index < -0.39 is 0 Å². The van der Waals surface area contributed by atoms with Crippen molar-refractivity contribution >= 4 is 0 Å². The van der Waals surface area contributed by atoms with Crippen molar-refractivity contribution in [1.82, 2.24) is 19.6 Å². The van der Waals surface area contributed by atoms with Crippen molar-refractivity contribution in [3.05, 3.63) is 0 Å². The van der Waals surface area contributed by atoms with Crippen molar-refractivity contribution < 1.29 is 0 Å². The maximum absolute atomic E-state index is 2.87. The average molecular weight is 335 g/mol. The van der Waals surface area contributed by atoms with Gasteiger partial charge < -0.3 is 0 Å². The van der Waals surface area contributed by atoms with Gasteiger partial charge in [0, 0.05) is 61.9 Å². The molecule has 0 spiro atoms. The second-order valence-electron chi connectivity index (χ2n) is 10.1. The van der Waals surface area contributed by atoms with Gasteiger partial charge in [0.05, 0.1) is 6.67 Å². The lowest BCUT2D eigenvalue weighted by Gasteiger charge is -2.50. The molecule has 4 rings (SSSR count). The van der Waals surface area contributed by atoms with Crippen LogP contribution in [-0.4, -0.2) is 88.2 Å². The minimum Gasteiger partial charge on any atom is -0.298 e. The first-order valence-corrected chi connectivity index (χ1v) is 10.3. The largest absolute Gasteiger partial charge is 0.298 e. The van der Waals surface area contributed by atoms with E-state index in [4.69, 9.17) is 0 Å². The smallest absolute Gasteiger partial charge is 0.0514 e. The number of likely N-dealkylation sites (tertiary alicyclic amines) is 2. The van der Waals surface area contributed by atoms with Crippen LogP contribution in [0.1, 0.15) is 60.3 Å².